The van der Waals surface area contributed by atoms with Crippen molar-refractivity contribution in [3.8, 4) is 39.1 Å². The number of aromatic nitrogens is 1. The van der Waals surface area contributed by atoms with Gasteiger partial charge in [-0.1, -0.05) is 188 Å². The molecule has 1 heterocycles. The number of rotatable bonds is 6. The van der Waals surface area contributed by atoms with Crippen molar-refractivity contribution < 1.29 is 0 Å². The van der Waals surface area contributed by atoms with Crippen LogP contribution in [0, 0.1) is 23.7 Å². The van der Waals surface area contributed by atoms with Gasteiger partial charge in [-0.3, -0.25) is 0 Å². The van der Waals surface area contributed by atoms with E-state index in [4.69, 9.17) is 0 Å². The number of hydrogen-bond acceptors (Lipinski definition) is 1. The summed E-state index contributed by atoms with van der Waals surface area (Å²) in [6.07, 6.45) is 6.79. The minimum atomic E-state index is -0.474. The van der Waals surface area contributed by atoms with E-state index in [0.717, 1.165) is 29.1 Å². The Hall–Kier alpha value is -8.20. The van der Waals surface area contributed by atoms with Gasteiger partial charge in [0.05, 0.1) is 22.1 Å². The first-order valence-electron chi connectivity index (χ1n) is 26.7. The van der Waals surface area contributed by atoms with Gasteiger partial charge in [0.15, 0.2) is 0 Å². The number of fused-ring (bicyclic) bond motifs is 17. The second kappa shape index (κ2) is 15.6. The molecular formula is C71H54N2. The number of benzene rings is 10. The smallest absolute Gasteiger partial charge is 0.0720 e. The fourth-order valence-corrected chi connectivity index (χ4v) is 16.0. The van der Waals surface area contributed by atoms with Crippen molar-refractivity contribution in [2.45, 2.75) is 42.9 Å². The Kier molecular flexibility index (Phi) is 8.88. The van der Waals surface area contributed by atoms with E-state index in [-0.39, 0.29) is 5.41 Å². The van der Waals surface area contributed by atoms with Crippen molar-refractivity contribution in [1.82, 2.24) is 4.57 Å². The van der Waals surface area contributed by atoms with Crippen molar-refractivity contribution in [2.75, 3.05) is 4.90 Å². The third kappa shape index (κ3) is 5.75. The van der Waals surface area contributed by atoms with Crippen LogP contribution in [0.4, 0.5) is 17.1 Å². The zero-order valence-corrected chi connectivity index (χ0v) is 40.8. The first-order chi connectivity index (χ1) is 36.2. The van der Waals surface area contributed by atoms with Crippen LogP contribution in [0.2, 0.25) is 0 Å². The number of nitrogens with zero attached hydrogens (tertiary/aromatic N) is 2. The maximum Gasteiger partial charge on any atom is 0.0720 e. The maximum atomic E-state index is 2.65. The van der Waals surface area contributed by atoms with Crippen LogP contribution in [0.1, 0.15) is 65.5 Å². The summed E-state index contributed by atoms with van der Waals surface area (Å²) in [4.78, 5) is 2.53. The van der Waals surface area contributed by atoms with Crippen LogP contribution in [-0.2, 0) is 10.8 Å². The lowest BCUT2D eigenvalue weighted by atomic mass is 9.46. The zero-order valence-electron chi connectivity index (χ0n) is 40.8. The molecule has 2 heteroatoms. The first kappa shape index (κ1) is 41.4. The highest BCUT2D eigenvalue weighted by atomic mass is 15.1. The van der Waals surface area contributed by atoms with Crippen LogP contribution < -0.4 is 4.90 Å². The van der Waals surface area contributed by atoms with Crippen LogP contribution in [0.5, 0.6) is 0 Å². The molecule has 2 spiro atoms. The minimum absolute atomic E-state index is 0.0356. The topological polar surface area (TPSA) is 8.17 Å². The Morgan fingerprint density at radius 1 is 0.356 bits per heavy atom. The average molecular weight is 935 g/mol. The molecule has 0 radical (unpaired) electrons. The predicted octanol–water partition coefficient (Wildman–Crippen LogP) is 18.0. The monoisotopic (exact) mass is 934 g/mol. The molecule has 5 atom stereocenters. The van der Waals surface area contributed by atoms with Gasteiger partial charge < -0.3 is 9.47 Å². The van der Waals surface area contributed by atoms with E-state index < -0.39 is 5.41 Å². The van der Waals surface area contributed by atoms with E-state index in [1.54, 1.807) is 11.1 Å². The molecule has 0 aliphatic heterocycles. The Morgan fingerprint density at radius 2 is 0.863 bits per heavy atom. The lowest BCUT2D eigenvalue weighted by Crippen LogP contribution is -2.51. The Balaban J connectivity index is 0.914. The van der Waals surface area contributed by atoms with Crippen molar-refractivity contribution >= 4 is 38.9 Å². The van der Waals surface area contributed by atoms with Crippen molar-refractivity contribution in [3.05, 3.63) is 276 Å². The highest BCUT2D eigenvalue weighted by Crippen LogP contribution is 2.70. The predicted molar refractivity (Wildman–Crippen MR) is 301 cm³/mol. The van der Waals surface area contributed by atoms with E-state index in [2.05, 4.69) is 252 Å². The molecule has 3 saturated carbocycles. The van der Waals surface area contributed by atoms with E-state index in [1.807, 2.05) is 0 Å². The summed E-state index contributed by atoms with van der Waals surface area (Å²) in [7, 11) is 0. The van der Waals surface area contributed by atoms with E-state index in [0.29, 0.717) is 5.92 Å². The standard InChI is InChI=1S/C71H54N2/c1-2-16-47(17-3-1)48-30-34-53(35-31-48)72(54-36-32-49(33-37-54)56-18-6-13-27-67(56)73-68-28-14-7-21-59(68)60-22-8-15-29-69(60)73)55-38-39-64-66(44-55)71(61-23-9-4-19-57(61)58-20-5-10-24-62(58)71)65-26-12-11-25-63(65)70(64)45-51-41-46-40-50(51)43-52(70)42-46/h1-39,44,46,50-52H,40-43,45H2/t46-,50-,51?,52?,70?/m1/s1. The highest BCUT2D eigenvalue weighted by Gasteiger charge is 2.62. The normalized spacial score (nSPS) is 21.3. The second-order valence-corrected chi connectivity index (χ2v) is 22.0. The van der Waals surface area contributed by atoms with Crippen molar-refractivity contribution in [3.63, 3.8) is 0 Å². The van der Waals surface area contributed by atoms with Crippen LogP contribution in [0.15, 0.2) is 243 Å². The van der Waals surface area contributed by atoms with Crippen LogP contribution in [0.25, 0.3) is 60.9 Å². The third-order valence-corrected chi connectivity index (χ3v) is 18.7. The summed E-state index contributed by atoms with van der Waals surface area (Å²) in [6.45, 7) is 0. The molecule has 1 aromatic heterocycles. The van der Waals surface area contributed by atoms with E-state index in [9.17, 15) is 0 Å². The third-order valence-electron chi connectivity index (χ3n) is 18.7. The van der Waals surface area contributed by atoms with Gasteiger partial charge in [-0.15, -0.1) is 0 Å². The molecule has 3 bridgehead atoms. The molecule has 348 valence electrons. The zero-order chi connectivity index (χ0) is 47.8. The van der Waals surface area contributed by atoms with Gasteiger partial charge in [0.25, 0.3) is 0 Å². The summed E-state index contributed by atoms with van der Waals surface area (Å²) in [5.74, 6) is 3.14. The van der Waals surface area contributed by atoms with Crippen molar-refractivity contribution in [2.24, 2.45) is 23.7 Å². The van der Waals surface area contributed by atoms with Crippen LogP contribution >= 0.6 is 0 Å². The Morgan fingerprint density at radius 3 is 1.55 bits per heavy atom. The van der Waals surface area contributed by atoms with Crippen LogP contribution in [-0.4, -0.2) is 4.57 Å². The molecule has 0 N–H and O–H groups in total. The van der Waals surface area contributed by atoms with Crippen molar-refractivity contribution in [1.29, 1.82) is 0 Å². The van der Waals surface area contributed by atoms with E-state index >= 15 is 0 Å². The fraction of sp³-hybridized carbons (Fsp3) is 0.155. The molecule has 5 aliphatic rings. The molecule has 16 rings (SSSR count). The van der Waals surface area contributed by atoms with Crippen LogP contribution in [0.3, 0.4) is 0 Å². The quantitative estimate of drug-likeness (QED) is 0.161. The lowest BCUT2D eigenvalue weighted by molar-refractivity contribution is 0.0990. The number of hydrogen-bond donors (Lipinski definition) is 0. The first-order valence-corrected chi connectivity index (χ1v) is 26.7. The molecule has 11 aromatic rings. The average Bonchev–Trinajstić information content (AvgIpc) is 4.03. The maximum absolute atomic E-state index is 2.65. The summed E-state index contributed by atoms with van der Waals surface area (Å²) < 4.78 is 2.45. The summed E-state index contributed by atoms with van der Waals surface area (Å²) >= 11 is 0. The molecule has 2 nitrogen and oxygen atoms in total. The summed E-state index contributed by atoms with van der Waals surface area (Å²) in [6, 6.07) is 92.2. The fourth-order valence-electron chi connectivity index (χ4n) is 16.0. The number of para-hydroxylation sites is 3. The molecule has 73 heavy (non-hydrogen) atoms. The molecule has 0 amide bonds. The van der Waals surface area contributed by atoms with Gasteiger partial charge in [-0.2, -0.15) is 0 Å². The molecule has 3 fully saturated rings. The number of anilines is 3. The van der Waals surface area contributed by atoms with Gasteiger partial charge in [0, 0.05) is 38.8 Å². The molecule has 0 saturated heterocycles. The molecule has 5 aliphatic carbocycles. The highest BCUT2D eigenvalue weighted by molar-refractivity contribution is 6.09. The largest absolute Gasteiger partial charge is 0.310 e. The molecular weight excluding hydrogens is 881 g/mol. The van der Waals surface area contributed by atoms with Gasteiger partial charge in [0.2, 0.25) is 0 Å². The van der Waals surface area contributed by atoms with E-state index in [1.165, 1.54) is 121 Å². The Labute approximate surface area is 427 Å². The minimum Gasteiger partial charge on any atom is -0.310 e. The second-order valence-electron chi connectivity index (χ2n) is 22.0. The van der Waals surface area contributed by atoms with Gasteiger partial charge in [0.1, 0.15) is 0 Å². The van der Waals surface area contributed by atoms with Gasteiger partial charge >= 0.3 is 0 Å². The summed E-state index contributed by atoms with van der Waals surface area (Å²) in [5.41, 5.74) is 23.0. The summed E-state index contributed by atoms with van der Waals surface area (Å²) in [5, 5.41) is 2.54. The lowest BCUT2D eigenvalue weighted by Gasteiger charge is -2.57. The SMILES string of the molecule is c1ccc(-c2ccc(N(c3ccc(-c4ccccc4-n4c5ccccc5c5ccccc54)cc3)c3ccc4c(c3)C3(c5ccccc5-c5ccccc53)c3ccccc3C43CC4C[C@@H]5CC3C[C@H]4C5)cc2)cc1. The Bertz CT molecular complexity index is 3890. The molecule has 10 aromatic carbocycles. The van der Waals surface area contributed by atoms with Gasteiger partial charge in [-0.25, -0.2) is 0 Å². The van der Waals surface area contributed by atoms with Gasteiger partial charge in [-0.05, 0) is 172 Å². The molecule has 3 unspecified atom stereocenters.